The number of anilines is 3. The van der Waals surface area contributed by atoms with Gasteiger partial charge in [0.05, 0.1) is 34.6 Å². The van der Waals surface area contributed by atoms with Crippen LogP contribution in [0.15, 0.2) is 18.3 Å². The molecule has 12 heteroatoms. The number of aromatic nitrogens is 4. The third kappa shape index (κ3) is 5.31. The van der Waals surface area contributed by atoms with E-state index in [1.807, 2.05) is 10.6 Å². The first-order valence-electron chi connectivity index (χ1n) is 12.5. The van der Waals surface area contributed by atoms with Crippen LogP contribution in [-0.4, -0.2) is 42.7 Å². The Morgan fingerprint density at radius 1 is 1.22 bits per heavy atom. The number of imidazole rings is 1. The van der Waals surface area contributed by atoms with Crippen LogP contribution in [0.25, 0.3) is 11.2 Å². The lowest BCUT2D eigenvalue weighted by Gasteiger charge is -2.29. The van der Waals surface area contributed by atoms with Crippen molar-refractivity contribution in [2.24, 2.45) is 11.7 Å². The number of aliphatic hydroxyl groups excluding tert-OH is 1. The van der Waals surface area contributed by atoms with Crippen LogP contribution in [0.3, 0.4) is 0 Å². The summed E-state index contributed by atoms with van der Waals surface area (Å²) in [5.41, 5.74) is 6.72. The SMILES string of the molecule is N#Cc1cc(F)c(Nc2nc3cnc(N[C@@H]4CCC[C@H](O)C4)nc3n2[C@H]2CC[C@H](C(N)=O)CC2)c(Cl)c1. The molecule has 2 heterocycles. The molecule has 0 aliphatic heterocycles. The van der Waals surface area contributed by atoms with Gasteiger partial charge in [0, 0.05) is 18.0 Å². The number of nitriles is 1. The smallest absolute Gasteiger partial charge is 0.224 e. The maximum Gasteiger partial charge on any atom is 0.224 e. The highest BCUT2D eigenvalue weighted by molar-refractivity contribution is 6.33. The summed E-state index contributed by atoms with van der Waals surface area (Å²) < 4.78 is 16.8. The van der Waals surface area contributed by atoms with E-state index in [9.17, 15) is 14.3 Å². The molecule has 2 fully saturated rings. The van der Waals surface area contributed by atoms with Gasteiger partial charge in [0.25, 0.3) is 0 Å². The molecule has 2 aliphatic rings. The minimum atomic E-state index is -0.676. The molecule has 2 saturated carbocycles. The highest BCUT2D eigenvalue weighted by atomic mass is 35.5. The summed E-state index contributed by atoms with van der Waals surface area (Å²) in [4.78, 5) is 25.5. The number of halogens is 2. The van der Waals surface area contributed by atoms with E-state index < -0.39 is 5.82 Å². The molecular formula is C25H28ClFN8O2. The zero-order chi connectivity index (χ0) is 26.1. The maximum atomic E-state index is 14.9. The molecule has 0 spiro atoms. The van der Waals surface area contributed by atoms with Crippen molar-refractivity contribution in [2.75, 3.05) is 10.6 Å². The number of primary amides is 1. The predicted octanol–water partition coefficient (Wildman–Crippen LogP) is 4.17. The lowest BCUT2D eigenvalue weighted by Crippen LogP contribution is -2.30. The van der Waals surface area contributed by atoms with Crippen LogP contribution in [0.4, 0.5) is 22.0 Å². The van der Waals surface area contributed by atoms with Crippen LogP contribution in [0.5, 0.6) is 0 Å². The Morgan fingerprint density at radius 3 is 2.68 bits per heavy atom. The van der Waals surface area contributed by atoms with Crippen molar-refractivity contribution in [3.63, 3.8) is 0 Å². The second-order valence-corrected chi connectivity index (χ2v) is 10.2. The number of nitrogens with one attached hydrogen (secondary N) is 2. The van der Waals surface area contributed by atoms with Crippen molar-refractivity contribution in [3.05, 3.63) is 34.7 Å². The van der Waals surface area contributed by atoms with Gasteiger partial charge in [-0.25, -0.2) is 14.4 Å². The van der Waals surface area contributed by atoms with Crippen LogP contribution in [-0.2, 0) is 4.79 Å². The Morgan fingerprint density at radius 2 is 2.00 bits per heavy atom. The second-order valence-electron chi connectivity index (χ2n) is 9.83. The van der Waals surface area contributed by atoms with E-state index in [1.54, 1.807) is 6.20 Å². The number of carbonyl (C=O) groups is 1. The zero-order valence-electron chi connectivity index (χ0n) is 20.1. The molecule has 5 rings (SSSR count). The van der Waals surface area contributed by atoms with Crippen LogP contribution in [0.1, 0.15) is 63.0 Å². The third-order valence-electron chi connectivity index (χ3n) is 7.28. The number of nitrogens with zero attached hydrogens (tertiary/aromatic N) is 5. The van der Waals surface area contributed by atoms with Crippen LogP contribution < -0.4 is 16.4 Å². The number of rotatable bonds is 6. The average Bonchev–Trinajstić information content (AvgIpc) is 3.23. The Kier molecular flexibility index (Phi) is 7.13. The molecule has 194 valence electrons. The molecule has 0 saturated heterocycles. The molecule has 0 unspecified atom stereocenters. The topological polar surface area (TPSA) is 155 Å². The summed E-state index contributed by atoms with van der Waals surface area (Å²) >= 11 is 6.30. The third-order valence-corrected chi connectivity index (χ3v) is 7.58. The van der Waals surface area contributed by atoms with E-state index in [-0.39, 0.29) is 46.3 Å². The summed E-state index contributed by atoms with van der Waals surface area (Å²) in [5, 5.41) is 25.5. The minimum absolute atomic E-state index is 0.00513. The molecule has 1 amide bonds. The fraction of sp³-hybridized carbons (Fsp3) is 0.480. The number of amides is 1. The van der Waals surface area contributed by atoms with E-state index in [0.717, 1.165) is 25.3 Å². The highest BCUT2D eigenvalue weighted by Gasteiger charge is 2.30. The Labute approximate surface area is 218 Å². The van der Waals surface area contributed by atoms with Crippen molar-refractivity contribution in [2.45, 2.75) is 69.6 Å². The monoisotopic (exact) mass is 526 g/mol. The standard InChI is InChI=1S/C25H28ClFN8O2/c26-18-8-13(11-28)9-19(27)21(18)33-25-32-20-12-30-24(31-15-2-1-3-17(36)10-15)34-23(20)35(25)16-6-4-14(5-7-16)22(29)37/h8-9,12,14-17,36H,1-7,10H2,(H2,29,37)(H,32,33)(H,30,31,34)/t14-,15-,16-,17+/m1/s1. The van der Waals surface area contributed by atoms with Crippen molar-refractivity contribution < 1.29 is 14.3 Å². The first-order valence-corrected chi connectivity index (χ1v) is 12.8. The molecule has 1 aromatic carbocycles. The quantitative estimate of drug-likeness (QED) is 0.373. The summed E-state index contributed by atoms with van der Waals surface area (Å²) in [6.07, 6.45) is 7.11. The van der Waals surface area contributed by atoms with Gasteiger partial charge in [0.15, 0.2) is 5.65 Å². The van der Waals surface area contributed by atoms with Crippen molar-refractivity contribution in [1.29, 1.82) is 5.26 Å². The van der Waals surface area contributed by atoms with Crippen molar-refractivity contribution >= 4 is 46.3 Å². The van der Waals surface area contributed by atoms with E-state index >= 15 is 0 Å². The molecule has 2 atom stereocenters. The molecule has 10 nitrogen and oxygen atoms in total. The predicted molar refractivity (Wildman–Crippen MR) is 137 cm³/mol. The summed E-state index contributed by atoms with van der Waals surface area (Å²) in [5.74, 6) is -0.403. The van der Waals surface area contributed by atoms with Crippen molar-refractivity contribution in [3.8, 4) is 6.07 Å². The van der Waals surface area contributed by atoms with Gasteiger partial charge in [-0.1, -0.05) is 11.6 Å². The Bertz CT molecular complexity index is 1340. The van der Waals surface area contributed by atoms with Gasteiger partial charge in [0.2, 0.25) is 17.8 Å². The number of nitrogens with two attached hydrogens (primary N) is 1. The number of benzene rings is 1. The lowest BCUT2D eigenvalue weighted by molar-refractivity contribution is -0.122. The van der Waals surface area contributed by atoms with Gasteiger partial charge in [-0.3, -0.25) is 9.36 Å². The van der Waals surface area contributed by atoms with E-state index in [0.29, 0.717) is 55.2 Å². The molecule has 0 radical (unpaired) electrons. The number of hydrogen-bond donors (Lipinski definition) is 4. The van der Waals surface area contributed by atoms with Crippen LogP contribution in [0, 0.1) is 23.1 Å². The van der Waals surface area contributed by atoms with Crippen LogP contribution in [0.2, 0.25) is 5.02 Å². The molecule has 5 N–H and O–H groups in total. The molecule has 0 bridgehead atoms. The first-order chi connectivity index (χ1) is 17.8. The van der Waals surface area contributed by atoms with Gasteiger partial charge in [-0.2, -0.15) is 10.2 Å². The summed E-state index contributed by atoms with van der Waals surface area (Å²) in [6, 6.07) is 4.38. The Hall–Kier alpha value is -3.49. The van der Waals surface area contributed by atoms with Gasteiger partial charge in [-0.05, 0) is 63.5 Å². The van der Waals surface area contributed by atoms with Crippen LogP contribution >= 0.6 is 11.6 Å². The van der Waals surface area contributed by atoms with Crippen molar-refractivity contribution in [1.82, 2.24) is 19.5 Å². The molecule has 2 aliphatic carbocycles. The Balaban J connectivity index is 1.52. The average molecular weight is 527 g/mol. The molecular weight excluding hydrogens is 499 g/mol. The summed E-state index contributed by atoms with van der Waals surface area (Å²) in [7, 11) is 0. The number of hydrogen-bond acceptors (Lipinski definition) is 8. The minimum Gasteiger partial charge on any atom is -0.393 e. The lowest BCUT2D eigenvalue weighted by atomic mass is 9.85. The largest absolute Gasteiger partial charge is 0.393 e. The van der Waals surface area contributed by atoms with Gasteiger partial charge in [0.1, 0.15) is 11.3 Å². The van der Waals surface area contributed by atoms with E-state index in [2.05, 4.69) is 20.6 Å². The van der Waals surface area contributed by atoms with Gasteiger partial charge < -0.3 is 21.5 Å². The second kappa shape index (κ2) is 10.5. The normalized spacial score (nSPS) is 23.9. The van der Waals surface area contributed by atoms with Gasteiger partial charge >= 0.3 is 0 Å². The number of aliphatic hydroxyl groups is 1. The maximum absolute atomic E-state index is 14.9. The van der Waals surface area contributed by atoms with Gasteiger partial charge in [-0.15, -0.1) is 0 Å². The highest BCUT2D eigenvalue weighted by Crippen LogP contribution is 2.38. The number of carbonyl (C=O) groups excluding carboxylic acids is 1. The fourth-order valence-corrected chi connectivity index (χ4v) is 5.61. The summed E-state index contributed by atoms with van der Waals surface area (Å²) in [6.45, 7) is 0. The van der Waals surface area contributed by atoms with E-state index in [1.165, 1.54) is 6.07 Å². The number of fused-ring (bicyclic) bond motifs is 1. The molecule has 3 aromatic rings. The molecule has 37 heavy (non-hydrogen) atoms. The fourth-order valence-electron chi connectivity index (χ4n) is 5.36. The zero-order valence-corrected chi connectivity index (χ0v) is 20.9. The molecule has 2 aromatic heterocycles. The van der Waals surface area contributed by atoms with E-state index in [4.69, 9.17) is 27.6 Å². The first kappa shape index (κ1) is 25.2.